The first-order chi connectivity index (χ1) is 11.2. The van der Waals surface area contributed by atoms with Crippen molar-refractivity contribution in [2.45, 2.75) is 6.92 Å². The maximum atomic E-state index is 12.7. The molecule has 2 fully saturated rings. The standard InChI is InChI=1S/C17H27N5O/c1-3-20-6-10-21(11-7-20)16-12-15(13-18-14-16)17(23)22-8-4-19(2)5-9-22/h12-14H,3-11H2,1-2H3. The van der Waals surface area contributed by atoms with E-state index >= 15 is 0 Å². The van der Waals surface area contributed by atoms with Gasteiger partial charge in [0.1, 0.15) is 0 Å². The summed E-state index contributed by atoms with van der Waals surface area (Å²) in [4.78, 5) is 26.0. The minimum absolute atomic E-state index is 0.111. The molecule has 0 unspecified atom stereocenters. The number of amides is 1. The summed E-state index contributed by atoms with van der Waals surface area (Å²) in [6, 6.07) is 2.01. The van der Waals surface area contributed by atoms with E-state index in [-0.39, 0.29) is 5.91 Å². The van der Waals surface area contributed by atoms with E-state index in [1.54, 1.807) is 6.20 Å². The number of hydrogen-bond donors (Lipinski definition) is 0. The van der Waals surface area contributed by atoms with Gasteiger partial charge in [0, 0.05) is 58.6 Å². The van der Waals surface area contributed by atoms with Crippen LogP contribution in [0.1, 0.15) is 17.3 Å². The first kappa shape index (κ1) is 16.2. The van der Waals surface area contributed by atoms with E-state index in [0.29, 0.717) is 5.56 Å². The lowest BCUT2D eigenvalue weighted by Gasteiger charge is -2.35. The monoisotopic (exact) mass is 317 g/mol. The molecule has 6 nitrogen and oxygen atoms in total. The number of aromatic nitrogens is 1. The molecule has 0 bridgehead atoms. The zero-order valence-corrected chi connectivity index (χ0v) is 14.2. The van der Waals surface area contributed by atoms with E-state index in [1.165, 1.54) is 0 Å². The molecule has 1 aromatic rings. The summed E-state index contributed by atoms with van der Waals surface area (Å²) in [6.07, 6.45) is 3.58. The molecule has 0 aliphatic carbocycles. The zero-order chi connectivity index (χ0) is 16.2. The molecule has 1 amide bonds. The van der Waals surface area contributed by atoms with E-state index in [0.717, 1.165) is 64.6 Å². The zero-order valence-electron chi connectivity index (χ0n) is 14.2. The number of likely N-dealkylation sites (N-methyl/N-ethyl adjacent to an activating group) is 2. The Morgan fingerprint density at radius 2 is 1.74 bits per heavy atom. The highest BCUT2D eigenvalue weighted by Crippen LogP contribution is 2.18. The fourth-order valence-corrected chi connectivity index (χ4v) is 3.23. The summed E-state index contributed by atoms with van der Waals surface area (Å²) in [7, 11) is 2.10. The van der Waals surface area contributed by atoms with Gasteiger partial charge in [-0.25, -0.2) is 0 Å². The van der Waals surface area contributed by atoms with Crippen molar-refractivity contribution in [3.05, 3.63) is 24.0 Å². The summed E-state index contributed by atoms with van der Waals surface area (Å²) < 4.78 is 0. The fourth-order valence-electron chi connectivity index (χ4n) is 3.23. The molecule has 2 saturated heterocycles. The Morgan fingerprint density at radius 3 is 2.39 bits per heavy atom. The molecule has 2 aliphatic rings. The number of piperazine rings is 2. The average molecular weight is 317 g/mol. The van der Waals surface area contributed by atoms with Crippen LogP contribution in [-0.4, -0.2) is 91.5 Å². The molecule has 0 saturated carbocycles. The molecule has 0 N–H and O–H groups in total. The lowest BCUT2D eigenvalue weighted by Crippen LogP contribution is -2.47. The summed E-state index contributed by atoms with van der Waals surface area (Å²) in [5.41, 5.74) is 1.78. The van der Waals surface area contributed by atoms with Gasteiger partial charge in [0.15, 0.2) is 0 Å². The highest BCUT2D eigenvalue weighted by molar-refractivity contribution is 5.94. The minimum atomic E-state index is 0.111. The van der Waals surface area contributed by atoms with Gasteiger partial charge in [0.05, 0.1) is 17.4 Å². The van der Waals surface area contributed by atoms with Crippen molar-refractivity contribution in [3.8, 4) is 0 Å². The molecule has 23 heavy (non-hydrogen) atoms. The van der Waals surface area contributed by atoms with Crippen molar-refractivity contribution in [3.63, 3.8) is 0 Å². The lowest BCUT2D eigenvalue weighted by atomic mass is 10.2. The Hall–Kier alpha value is -1.66. The van der Waals surface area contributed by atoms with E-state index in [1.807, 2.05) is 17.2 Å². The van der Waals surface area contributed by atoms with Crippen molar-refractivity contribution in [2.75, 3.05) is 70.9 Å². The number of anilines is 1. The normalized spacial score (nSPS) is 20.8. The van der Waals surface area contributed by atoms with Crippen LogP contribution in [-0.2, 0) is 0 Å². The Balaban J connectivity index is 1.66. The fraction of sp³-hybridized carbons (Fsp3) is 0.647. The first-order valence-corrected chi connectivity index (χ1v) is 8.57. The van der Waals surface area contributed by atoms with Gasteiger partial charge in [-0.15, -0.1) is 0 Å². The smallest absolute Gasteiger partial charge is 0.255 e. The Bertz CT molecular complexity index is 534. The van der Waals surface area contributed by atoms with Crippen LogP contribution in [0.2, 0.25) is 0 Å². The molecule has 1 aromatic heterocycles. The average Bonchev–Trinajstić information content (AvgIpc) is 2.62. The number of hydrogen-bond acceptors (Lipinski definition) is 5. The van der Waals surface area contributed by atoms with Crippen LogP contribution in [0.5, 0.6) is 0 Å². The van der Waals surface area contributed by atoms with Gasteiger partial charge in [-0.05, 0) is 19.7 Å². The molecular weight excluding hydrogens is 290 g/mol. The Kier molecular flexibility index (Phi) is 5.13. The molecule has 3 rings (SSSR count). The van der Waals surface area contributed by atoms with Crippen LogP contribution in [0.25, 0.3) is 0 Å². The lowest BCUT2D eigenvalue weighted by molar-refractivity contribution is 0.0663. The second-order valence-corrected chi connectivity index (χ2v) is 6.45. The number of pyridine rings is 1. The minimum Gasteiger partial charge on any atom is -0.368 e. The molecule has 0 aromatic carbocycles. The summed E-state index contributed by atoms with van der Waals surface area (Å²) in [6.45, 7) is 10.9. The molecule has 6 heteroatoms. The van der Waals surface area contributed by atoms with Crippen molar-refractivity contribution in [1.29, 1.82) is 0 Å². The quantitative estimate of drug-likeness (QED) is 0.817. The molecule has 2 aliphatic heterocycles. The third-order valence-electron chi connectivity index (χ3n) is 4.95. The van der Waals surface area contributed by atoms with E-state index < -0.39 is 0 Å². The van der Waals surface area contributed by atoms with Crippen LogP contribution in [0.15, 0.2) is 18.5 Å². The van der Waals surface area contributed by atoms with Gasteiger partial charge in [-0.1, -0.05) is 6.92 Å². The largest absolute Gasteiger partial charge is 0.368 e. The predicted molar refractivity (Wildman–Crippen MR) is 92.0 cm³/mol. The molecule has 0 spiro atoms. The summed E-state index contributed by atoms with van der Waals surface area (Å²) in [5.74, 6) is 0.111. The first-order valence-electron chi connectivity index (χ1n) is 8.57. The van der Waals surface area contributed by atoms with E-state index in [4.69, 9.17) is 0 Å². The number of carbonyl (C=O) groups excluding carboxylic acids is 1. The third-order valence-corrected chi connectivity index (χ3v) is 4.95. The predicted octanol–water partition coefficient (Wildman–Crippen LogP) is 0.611. The van der Waals surface area contributed by atoms with Crippen LogP contribution < -0.4 is 4.90 Å². The van der Waals surface area contributed by atoms with Crippen LogP contribution in [0, 0.1) is 0 Å². The Labute approximate surface area is 138 Å². The van der Waals surface area contributed by atoms with Crippen molar-refractivity contribution >= 4 is 11.6 Å². The van der Waals surface area contributed by atoms with Crippen molar-refractivity contribution < 1.29 is 4.79 Å². The van der Waals surface area contributed by atoms with Gasteiger partial charge in [-0.3, -0.25) is 9.78 Å². The highest BCUT2D eigenvalue weighted by atomic mass is 16.2. The van der Waals surface area contributed by atoms with Crippen molar-refractivity contribution in [1.82, 2.24) is 19.7 Å². The second kappa shape index (κ2) is 7.27. The molecule has 0 radical (unpaired) electrons. The molecule has 0 atom stereocenters. The maximum absolute atomic E-state index is 12.7. The maximum Gasteiger partial charge on any atom is 0.255 e. The molecular formula is C17H27N5O. The van der Waals surface area contributed by atoms with E-state index in [2.05, 4.69) is 33.7 Å². The Morgan fingerprint density at radius 1 is 1.04 bits per heavy atom. The van der Waals surface area contributed by atoms with E-state index in [9.17, 15) is 4.79 Å². The van der Waals surface area contributed by atoms with Gasteiger partial charge < -0.3 is 19.6 Å². The number of carbonyl (C=O) groups is 1. The molecule has 126 valence electrons. The topological polar surface area (TPSA) is 42.9 Å². The number of rotatable bonds is 3. The summed E-state index contributed by atoms with van der Waals surface area (Å²) >= 11 is 0. The summed E-state index contributed by atoms with van der Waals surface area (Å²) in [5, 5.41) is 0. The van der Waals surface area contributed by atoms with Crippen molar-refractivity contribution in [2.24, 2.45) is 0 Å². The highest BCUT2D eigenvalue weighted by Gasteiger charge is 2.22. The third kappa shape index (κ3) is 3.82. The number of nitrogens with zero attached hydrogens (tertiary/aromatic N) is 5. The van der Waals surface area contributed by atoms with Crippen LogP contribution in [0.4, 0.5) is 5.69 Å². The SMILES string of the molecule is CCN1CCN(c2cncc(C(=O)N3CCN(C)CC3)c2)CC1. The molecule has 3 heterocycles. The van der Waals surface area contributed by atoms with Gasteiger partial charge in [0.25, 0.3) is 5.91 Å². The second-order valence-electron chi connectivity index (χ2n) is 6.45. The van der Waals surface area contributed by atoms with Gasteiger partial charge in [0.2, 0.25) is 0 Å². The van der Waals surface area contributed by atoms with Gasteiger partial charge >= 0.3 is 0 Å². The van der Waals surface area contributed by atoms with Crippen LogP contribution >= 0.6 is 0 Å². The van der Waals surface area contributed by atoms with Gasteiger partial charge in [-0.2, -0.15) is 0 Å². The van der Waals surface area contributed by atoms with Crippen LogP contribution in [0.3, 0.4) is 0 Å².